The van der Waals surface area contributed by atoms with Gasteiger partial charge in [0.25, 0.3) is 10.1 Å². The first-order valence-corrected chi connectivity index (χ1v) is 25.2. The highest BCUT2D eigenvalue weighted by molar-refractivity contribution is 7.95. The number of piperidine rings is 3. The number of benzene rings is 2. The van der Waals surface area contributed by atoms with Crippen molar-refractivity contribution < 1.29 is 27.0 Å². The van der Waals surface area contributed by atoms with Crippen LogP contribution in [0.2, 0.25) is 0 Å². The van der Waals surface area contributed by atoms with Gasteiger partial charge < -0.3 is 19.6 Å². The minimum Gasteiger partial charge on any atom is -0.494 e. The fourth-order valence-electron chi connectivity index (χ4n) is 9.36. The number of fused-ring (bicyclic) bond motifs is 1. The molecule has 0 bridgehead atoms. The second-order valence-electron chi connectivity index (χ2n) is 16.8. The molecule has 12 heteroatoms. The fraction of sp³-hybridized carbons (Fsp3) is 0.630. The molecule has 2 atom stereocenters. The number of aliphatic hydroxyl groups excluding tert-OH is 1. The van der Waals surface area contributed by atoms with Crippen LogP contribution in [0, 0.1) is 0 Å². The zero-order chi connectivity index (χ0) is 40.9. The molecule has 3 fully saturated rings. The lowest BCUT2D eigenvalue weighted by molar-refractivity contribution is 0.0170. The van der Waals surface area contributed by atoms with E-state index in [2.05, 4.69) is 21.6 Å². The van der Waals surface area contributed by atoms with E-state index in [0.717, 1.165) is 118 Å². The van der Waals surface area contributed by atoms with E-state index in [-0.39, 0.29) is 17.4 Å². The SMILES string of the molecule is CCCCCCCCCCCCOc1ccc(C(=CCc2cnc3ccc([S@@](C)=O)cc3c2N2CCC(N3CCC(N4CCC[C@H](O)C4)CC3)CC2)S(=O)(=O)O)cc1. The molecular formula is C46H68N4O6S2. The molecule has 3 aromatic rings. The molecule has 58 heavy (non-hydrogen) atoms. The molecule has 320 valence electrons. The summed E-state index contributed by atoms with van der Waals surface area (Å²) in [6.07, 6.45) is 24.0. The van der Waals surface area contributed by atoms with Gasteiger partial charge in [-0.25, -0.2) is 0 Å². The third kappa shape index (κ3) is 12.6. The van der Waals surface area contributed by atoms with E-state index < -0.39 is 20.9 Å². The highest BCUT2D eigenvalue weighted by Crippen LogP contribution is 2.36. The third-order valence-electron chi connectivity index (χ3n) is 12.6. The van der Waals surface area contributed by atoms with E-state index in [4.69, 9.17) is 9.72 Å². The number of aliphatic hydroxyl groups is 1. The van der Waals surface area contributed by atoms with Crippen LogP contribution < -0.4 is 9.64 Å². The summed E-state index contributed by atoms with van der Waals surface area (Å²) in [5.74, 6) is 0.675. The number of unbranched alkanes of at least 4 members (excludes halogenated alkanes) is 9. The Morgan fingerprint density at radius 1 is 0.845 bits per heavy atom. The topological polar surface area (TPSA) is 124 Å². The van der Waals surface area contributed by atoms with Crippen molar-refractivity contribution in [2.24, 2.45) is 0 Å². The van der Waals surface area contributed by atoms with E-state index in [9.17, 15) is 22.3 Å². The number of aromatic nitrogens is 1. The Hall–Kier alpha value is -2.87. The maximum atomic E-state index is 12.8. The maximum Gasteiger partial charge on any atom is 0.294 e. The molecule has 0 saturated carbocycles. The van der Waals surface area contributed by atoms with Gasteiger partial charge in [0.05, 0.1) is 28.8 Å². The summed E-state index contributed by atoms with van der Waals surface area (Å²) in [6, 6.07) is 13.7. The van der Waals surface area contributed by atoms with Gasteiger partial charge in [0.2, 0.25) is 0 Å². The van der Waals surface area contributed by atoms with Crippen LogP contribution in [-0.4, -0.2) is 107 Å². The number of rotatable bonds is 20. The average molecular weight is 837 g/mol. The molecule has 0 unspecified atom stereocenters. The Kier molecular flexibility index (Phi) is 17.0. The van der Waals surface area contributed by atoms with Crippen LogP contribution in [0.4, 0.5) is 5.69 Å². The number of hydrogen-bond donors (Lipinski definition) is 2. The molecule has 0 radical (unpaired) electrons. The van der Waals surface area contributed by atoms with Crippen LogP contribution in [0.1, 0.15) is 121 Å². The number of ether oxygens (including phenoxy) is 1. The van der Waals surface area contributed by atoms with Crippen molar-refractivity contribution in [3.63, 3.8) is 0 Å². The highest BCUT2D eigenvalue weighted by Gasteiger charge is 2.33. The van der Waals surface area contributed by atoms with E-state index >= 15 is 0 Å². The van der Waals surface area contributed by atoms with E-state index in [1.807, 2.05) is 24.4 Å². The molecule has 0 aliphatic carbocycles. The number of β-amino-alcohol motifs (C(OH)–C–C–N with tert-alkyl or cyclic N) is 1. The Morgan fingerprint density at radius 2 is 1.48 bits per heavy atom. The minimum atomic E-state index is -4.55. The summed E-state index contributed by atoms with van der Waals surface area (Å²) in [5.41, 5.74) is 3.04. The zero-order valence-electron chi connectivity index (χ0n) is 35.0. The maximum absolute atomic E-state index is 12.8. The Balaban J connectivity index is 1.10. The predicted octanol–water partition coefficient (Wildman–Crippen LogP) is 8.63. The Labute approximate surface area is 350 Å². The molecule has 6 rings (SSSR count). The summed E-state index contributed by atoms with van der Waals surface area (Å²) < 4.78 is 54.7. The smallest absolute Gasteiger partial charge is 0.294 e. The molecule has 2 N–H and O–H groups in total. The first-order valence-electron chi connectivity index (χ1n) is 22.2. The average Bonchev–Trinajstić information content (AvgIpc) is 3.22. The van der Waals surface area contributed by atoms with Crippen molar-refractivity contribution >= 4 is 42.4 Å². The molecule has 2 aromatic carbocycles. The summed E-state index contributed by atoms with van der Waals surface area (Å²) in [7, 11) is -5.73. The van der Waals surface area contributed by atoms with E-state index in [1.54, 1.807) is 36.6 Å². The minimum absolute atomic E-state index is 0.149. The van der Waals surface area contributed by atoms with E-state index in [0.29, 0.717) is 30.0 Å². The molecule has 4 heterocycles. The second kappa shape index (κ2) is 22.1. The van der Waals surface area contributed by atoms with Gasteiger partial charge in [-0.05, 0) is 125 Å². The van der Waals surface area contributed by atoms with Gasteiger partial charge in [-0.1, -0.05) is 70.8 Å². The molecule has 0 spiro atoms. The van der Waals surface area contributed by atoms with Crippen molar-refractivity contribution in [2.75, 3.05) is 57.0 Å². The van der Waals surface area contributed by atoms with Gasteiger partial charge in [-0.2, -0.15) is 8.42 Å². The van der Waals surface area contributed by atoms with Gasteiger partial charge in [-0.15, -0.1) is 0 Å². The van der Waals surface area contributed by atoms with Gasteiger partial charge in [-0.3, -0.25) is 18.6 Å². The van der Waals surface area contributed by atoms with Crippen molar-refractivity contribution in [3.8, 4) is 5.75 Å². The summed E-state index contributed by atoms with van der Waals surface area (Å²) in [6.45, 7) is 8.59. The van der Waals surface area contributed by atoms with Gasteiger partial charge in [0.1, 0.15) is 5.75 Å². The first kappa shape index (κ1) is 44.7. The van der Waals surface area contributed by atoms with Crippen molar-refractivity contribution in [1.29, 1.82) is 0 Å². The fourth-order valence-corrected chi connectivity index (χ4v) is 10.6. The van der Waals surface area contributed by atoms with Crippen LogP contribution >= 0.6 is 0 Å². The lowest BCUT2D eigenvalue weighted by Crippen LogP contribution is -2.53. The molecule has 3 aliphatic heterocycles. The third-order valence-corrected chi connectivity index (χ3v) is 14.5. The van der Waals surface area contributed by atoms with Crippen LogP contribution in [0.15, 0.2) is 59.6 Å². The molecule has 3 saturated heterocycles. The van der Waals surface area contributed by atoms with Gasteiger partial charge in [0.15, 0.2) is 0 Å². The monoisotopic (exact) mass is 836 g/mol. The second-order valence-corrected chi connectivity index (χ2v) is 19.6. The lowest BCUT2D eigenvalue weighted by Gasteiger charge is -2.45. The van der Waals surface area contributed by atoms with Crippen LogP contribution in [-0.2, 0) is 27.3 Å². The van der Waals surface area contributed by atoms with Crippen LogP contribution in [0.5, 0.6) is 5.75 Å². The number of nitrogens with zero attached hydrogens (tertiary/aromatic N) is 4. The number of hydrogen-bond acceptors (Lipinski definition) is 9. The van der Waals surface area contributed by atoms with Gasteiger partial charge in [0, 0.05) is 65.3 Å². The molecular weight excluding hydrogens is 769 g/mol. The van der Waals surface area contributed by atoms with Crippen molar-refractivity contribution in [2.45, 2.75) is 139 Å². The molecule has 3 aliphatic rings. The normalized spacial score (nSPS) is 20.2. The largest absolute Gasteiger partial charge is 0.494 e. The summed E-state index contributed by atoms with van der Waals surface area (Å²) in [5, 5.41) is 11.1. The Morgan fingerprint density at radius 3 is 2.12 bits per heavy atom. The van der Waals surface area contributed by atoms with Crippen LogP contribution in [0.3, 0.4) is 0 Å². The first-order chi connectivity index (χ1) is 28.1. The van der Waals surface area contributed by atoms with Crippen molar-refractivity contribution in [1.82, 2.24) is 14.8 Å². The summed E-state index contributed by atoms with van der Waals surface area (Å²) in [4.78, 5) is 12.9. The molecule has 1 aromatic heterocycles. The lowest BCUT2D eigenvalue weighted by atomic mass is 9.94. The summed E-state index contributed by atoms with van der Waals surface area (Å²) >= 11 is 0. The van der Waals surface area contributed by atoms with Gasteiger partial charge >= 0.3 is 0 Å². The standard InChI is InChI=1S/C46H68N4O6S2/c1-3-4-5-6-7-8-9-10-11-12-32-56-41-18-15-36(16-19-41)45(58(53,54)55)22-17-37-34-47-44-21-20-42(57(2)52)33-43(44)46(37)49-30-25-38(26-31-49)48-28-23-39(24-29-48)50-27-13-14-40(51)35-50/h15-16,18-22,33-34,38-40,51H,3-14,17,23-32,35H2,1-2H3,(H,53,54,55)/t40-,57+/m0/s1. The number of anilines is 1. The van der Waals surface area contributed by atoms with Crippen LogP contribution in [0.25, 0.3) is 15.8 Å². The predicted molar refractivity (Wildman–Crippen MR) is 238 cm³/mol. The van der Waals surface area contributed by atoms with Crippen molar-refractivity contribution in [3.05, 3.63) is 65.9 Å². The Bertz CT molecular complexity index is 1910. The molecule has 10 nitrogen and oxygen atoms in total. The number of likely N-dealkylation sites (tertiary alicyclic amines) is 2. The number of allylic oxidation sites excluding steroid dienone is 1. The van der Waals surface area contributed by atoms with E-state index in [1.165, 1.54) is 51.4 Å². The number of pyridine rings is 1. The zero-order valence-corrected chi connectivity index (χ0v) is 36.7. The molecule has 0 amide bonds. The quantitative estimate of drug-likeness (QED) is 0.0845. The highest BCUT2D eigenvalue weighted by atomic mass is 32.2.